The number of unbranched alkanes of at least 4 members (excludes halogenated alkanes) is 1. The van der Waals surface area contributed by atoms with E-state index in [1.54, 1.807) is 0 Å². The summed E-state index contributed by atoms with van der Waals surface area (Å²) in [6.45, 7) is 0.674. The molecule has 3 unspecified atom stereocenters. The average Bonchev–Trinajstić information content (AvgIpc) is 2.50. The van der Waals surface area contributed by atoms with Crippen molar-refractivity contribution in [2.45, 2.75) is 50.3 Å². The highest BCUT2D eigenvalue weighted by Gasteiger charge is 2.21. The van der Waals surface area contributed by atoms with Gasteiger partial charge in [-0.05, 0) is 45.3 Å². The summed E-state index contributed by atoms with van der Waals surface area (Å²) in [6, 6.07) is -1.73. The van der Waals surface area contributed by atoms with Crippen LogP contribution in [-0.4, -0.2) is 76.2 Å². The molecule has 0 saturated heterocycles. The molecule has 3 atom stereocenters. The third kappa shape index (κ3) is 10.1. The van der Waals surface area contributed by atoms with Crippen LogP contribution in [0.4, 0.5) is 0 Å². The fourth-order valence-corrected chi connectivity index (χ4v) is 2.04. The number of nitrogens with one attached hydrogen (secondary N) is 2. The molecule has 0 fully saturated rings. The summed E-state index contributed by atoms with van der Waals surface area (Å²) >= 11 is 0. The van der Waals surface area contributed by atoms with Crippen LogP contribution in [0.15, 0.2) is 0 Å². The predicted molar refractivity (Wildman–Crippen MR) is 84.6 cm³/mol. The number of carboxylic acids is 3. The van der Waals surface area contributed by atoms with E-state index in [-0.39, 0.29) is 25.9 Å². The summed E-state index contributed by atoms with van der Waals surface area (Å²) in [5.41, 5.74) is 5.35. The van der Waals surface area contributed by atoms with Crippen molar-refractivity contribution in [1.29, 1.82) is 0 Å². The first-order valence-corrected chi connectivity index (χ1v) is 7.82. The molecule has 0 spiro atoms. The van der Waals surface area contributed by atoms with Gasteiger partial charge in [-0.25, -0.2) is 4.79 Å². The molecule has 0 aliphatic rings. The van der Waals surface area contributed by atoms with Crippen LogP contribution in [-0.2, 0) is 14.4 Å². The number of aliphatic hydroxyl groups is 1. The van der Waals surface area contributed by atoms with Gasteiger partial charge in [0.25, 0.3) is 0 Å². The van der Waals surface area contributed by atoms with Gasteiger partial charge in [0.1, 0.15) is 12.1 Å². The SMILES string of the molecule is NCCCCC(NCCC(NCCC(O)C(=O)O)C(=O)O)C(=O)O. The minimum absolute atomic E-state index is 0.0172. The molecule has 8 N–H and O–H groups in total. The van der Waals surface area contributed by atoms with Crippen molar-refractivity contribution in [3.63, 3.8) is 0 Å². The second-order valence-corrected chi connectivity index (χ2v) is 5.41. The summed E-state index contributed by atoms with van der Waals surface area (Å²) in [6.07, 6.45) is 0.236. The first-order chi connectivity index (χ1) is 11.3. The van der Waals surface area contributed by atoms with E-state index < -0.39 is 36.1 Å². The zero-order chi connectivity index (χ0) is 18.5. The number of nitrogens with two attached hydrogens (primary N) is 1. The highest BCUT2D eigenvalue weighted by atomic mass is 16.4. The number of rotatable bonds is 15. The van der Waals surface area contributed by atoms with Gasteiger partial charge in [-0.3, -0.25) is 9.59 Å². The van der Waals surface area contributed by atoms with Gasteiger partial charge in [-0.1, -0.05) is 6.42 Å². The molecule has 0 aliphatic carbocycles. The van der Waals surface area contributed by atoms with Crippen molar-refractivity contribution in [2.75, 3.05) is 19.6 Å². The highest BCUT2D eigenvalue weighted by molar-refractivity contribution is 5.74. The molecule has 0 radical (unpaired) electrons. The van der Waals surface area contributed by atoms with Gasteiger partial charge in [0, 0.05) is 0 Å². The quantitative estimate of drug-likeness (QED) is 0.170. The molecule has 0 heterocycles. The zero-order valence-corrected chi connectivity index (χ0v) is 13.5. The zero-order valence-electron chi connectivity index (χ0n) is 13.5. The molecule has 10 nitrogen and oxygen atoms in total. The van der Waals surface area contributed by atoms with Crippen molar-refractivity contribution >= 4 is 17.9 Å². The molecule has 0 aromatic heterocycles. The Hall–Kier alpha value is -1.75. The molecule has 0 aliphatic heterocycles. The van der Waals surface area contributed by atoms with E-state index in [1.807, 2.05) is 0 Å². The second kappa shape index (κ2) is 12.6. The van der Waals surface area contributed by atoms with Crippen LogP contribution in [0, 0.1) is 0 Å². The van der Waals surface area contributed by atoms with E-state index in [4.69, 9.17) is 26.2 Å². The lowest BCUT2D eigenvalue weighted by atomic mass is 10.1. The van der Waals surface area contributed by atoms with Crippen LogP contribution >= 0.6 is 0 Å². The Kier molecular flexibility index (Phi) is 11.7. The molecule has 0 bridgehead atoms. The highest BCUT2D eigenvalue weighted by Crippen LogP contribution is 2.02. The predicted octanol–water partition coefficient (Wildman–Crippen LogP) is -1.57. The summed E-state index contributed by atoms with van der Waals surface area (Å²) in [5, 5.41) is 41.3. The van der Waals surface area contributed by atoms with Crippen LogP contribution in [0.1, 0.15) is 32.1 Å². The van der Waals surface area contributed by atoms with Crippen molar-refractivity contribution < 1.29 is 34.8 Å². The second-order valence-electron chi connectivity index (χ2n) is 5.41. The smallest absolute Gasteiger partial charge is 0.332 e. The summed E-state index contributed by atoms with van der Waals surface area (Å²) in [7, 11) is 0. The Morgan fingerprint density at radius 1 is 0.792 bits per heavy atom. The van der Waals surface area contributed by atoms with E-state index in [0.29, 0.717) is 19.4 Å². The van der Waals surface area contributed by atoms with Gasteiger partial charge >= 0.3 is 17.9 Å². The first kappa shape index (κ1) is 22.2. The first-order valence-electron chi connectivity index (χ1n) is 7.82. The summed E-state index contributed by atoms with van der Waals surface area (Å²) < 4.78 is 0. The van der Waals surface area contributed by atoms with E-state index in [0.717, 1.165) is 6.42 Å². The third-order valence-corrected chi connectivity index (χ3v) is 3.46. The normalized spacial score (nSPS) is 14.8. The summed E-state index contributed by atoms with van der Waals surface area (Å²) in [5.74, 6) is -3.50. The van der Waals surface area contributed by atoms with E-state index >= 15 is 0 Å². The van der Waals surface area contributed by atoms with Crippen molar-refractivity contribution in [3.8, 4) is 0 Å². The van der Waals surface area contributed by atoms with Gasteiger partial charge < -0.3 is 36.8 Å². The van der Waals surface area contributed by atoms with Gasteiger partial charge in [0.05, 0.1) is 0 Å². The number of aliphatic carboxylic acids is 3. The topological polar surface area (TPSA) is 182 Å². The Bertz CT molecular complexity index is 406. The maximum atomic E-state index is 11.1. The lowest BCUT2D eigenvalue weighted by molar-refractivity contribution is -0.146. The fourth-order valence-electron chi connectivity index (χ4n) is 2.04. The Morgan fingerprint density at radius 2 is 1.29 bits per heavy atom. The van der Waals surface area contributed by atoms with E-state index in [1.165, 1.54) is 0 Å². The number of carboxylic acid groups (broad SMARTS) is 3. The fraction of sp³-hybridized carbons (Fsp3) is 0.786. The number of aliphatic hydroxyl groups excluding tert-OH is 1. The Labute approximate surface area is 140 Å². The molecule has 10 heteroatoms. The van der Waals surface area contributed by atoms with Crippen molar-refractivity contribution in [3.05, 3.63) is 0 Å². The molecule has 0 saturated carbocycles. The number of carbonyl (C=O) groups is 3. The molecular formula is C14H27N3O7. The van der Waals surface area contributed by atoms with Crippen LogP contribution in [0.5, 0.6) is 0 Å². The molecule has 0 aromatic carbocycles. The number of hydrogen-bond donors (Lipinski definition) is 7. The minimum atomic E-state index is -1.55. The van der Waals surface area contributed by atoms with Crippen molar-refractivity contribution in [1.82, 2.24) is 10.6 Å². The monoisotopic (exact) mass is 349 g/mol. The van der Waals surface area contributed by atoms with Crippen molar-refractivity contribution in [2.24, 2.45) is 5.73 Å². The standard InChI is InChI=1S/C14H27N3O7/c15-6-2-1-3-9(12(19)20)16-7-4-10(13(21)22)17-8-5-11(18)14(23)24/h9-11,16-18H,1-8,15H2,(H,19,20)(H,21,22)(H,23,24). The molecule has 0 rings (SSSR count). The number of hydrogen-bond acceptors (Lipinski definition) is 7. The van der Waals surface area contributed by atoms with Crippen LogP contribution < -0.4 is 16.4 Å². The lowest BCUT2D eigenvalue weighted by Crippen LogP contribution is -2.43. The third-order valence-electron chi connectivity index (χ3n) is 3.46. The van der Waals surface area contributed by atoms with Gasteiger partial charge in [0.2, 0.25) is 0 Å². The van der Waals surface area contributed by atoms with Gasteiger partial charge in [0.15, 0.2) is 6.10 Å². The van der Waals surface area contributed by atoms with E-state index in [9.17, 15) is 14.4 Å². The minimum Gasteiger partial charge on any atom is -0.480 e. The maximum absolute atomic E-state index is 11.1. The molecule has 0 amide bonds. The van der Waals surface area contributed by atoms with Gasteiger partial charge in [-0.2, -0.15) is 0 Å². The van der Waals surface area contributed by atoms with Crippen LogP contribution in [0.3, 0.4) is 0 Å². The van der Waals surface area contributed by atoms with Crippen LogP contribution in [0.2, 0.25) is 0 Å². The van der Waals surface area contributed by atoms with E-state index in [2.05, 4.69) is 10.6 Å². The summed E-state index contributed by atoms with van der Waals surface area (Å²) in [4.78, 5) is 32.7. The molecule has 0 aromatic rings. The average molecular weight is 349 g/mol. The Morgan fingerprint density at radius 3 is 1.75 bits per heavy atom. The van der Waals surface area contributed by atoms with Crippen LogP contribution in [0.25, 0.3) is 0 Å². The molecule has 24 heavy (non-hydrogen) atoms. The molecular weight excluding hydrogens is 322 g/mol. The van der Waals surface area contributed by atoms with Gasteiger partial charge in [-0.15, -0.1) is 0 Å². The Balaban J connectivity index is 4.20. The largest absolute Gasteiger partial charge is 0.480 e. The molecule has 140 valence electrons. The lowest BCUT2D eigenvalue weighted by Gasteiger charge is -2.18. The maximum Gasteiger partial charge on any atom is 0.332 e.